The van der Waals surface area contributed by atoms with Crippen LogP contribution >= 0.6 is 0 Å². The summed E-state index contributed by atoms with van der Waals surface area (Å²) in [5.74, 6) is -1.85. The van der Waals surface area contributed by atoms with Crippen molar-refractivity contribution in [1.29, 1.82) is 0 Å². The smallest absolute Gasteiger partial charge is 0.478 e. The predicted octanol–water partition coefficient (Wildman–Crippen LogP) is 0.551. The number of aromatic carboxylic acids is 1. The Hall–Kier alpha value is -2.01. The molecule has 0 saturated heterocycles. The second-order valence-electron chi connectivity index (χ2n) is 6.20. The van der Waals surface area contributed by atoms with Crippen LogP contribution in [-0.4, -0.2) is 25.4 Å². The van der Waals surface area contributed by atoms with Crippen molar-refractivity contribution >= 4 is 33.3 Å². The van der Waals surface area contributed by atoms with Crippen molar-refractivity contribution < 1.29 is 74.5 Å². The number of rotatable bonds is 6. The van der Waals surface area contributed by atoms with Gasteiger partial charge in [0.05, 0.1) is 16.1 Å². The molecule has 148 valence electrons. The zero-order chi connectivity index (χ0) is 21.0. The Morgan fingerprint density at radius 2 is 1.60 bits per heavy atom. The van der Waals surface area contributed by atoms with Gasteiger partial charge in [-0.15, -0.1) is 0 Å². The van der Waals surface area contributed by atoms with Gasteiger partial charge >= 0.3 is 57.4 Å². The summed E-state index contributed by atoms with van der Waals surface area (Å²) in [6.45, 7) is 1.84. The molecule has 3 aromatic rings. The summed E-state index contributed by atoms with van der Waals surface area (Å²) >= 11 is 0. The molecule has 0 radical (unpaired) electrons. The van der Waals surface area contributed by atoms with E-state index in [4.69, 9.17) is 0 Å². The van der Waals surface area contributed by atoms with Crippen molar-refractivity contribution in [2.45, 2.75) is 11.8 Å². The minimum atomic E-state index is -3.92. The SMILES string of the molecule is Cc1ccc(S(=O)(=O)Nc2c[c-]ccc2C(=O)Nc2ccccc2C(=O)O)cc1.[K+]. The number of hydrogen-bond acceptors (Lipinski definition) is 4. The van der Waals surface area contributed by atoms with E-state index < -0.39 is 21.9 Å². The molecule has 0 spiro atoms. The molecule has 0 fully saturated rings. The Balaban J connectivity index is 0.00000320. The van der Waals surface area contributed by atoms with E-state index >= 15 is 0 Å². The number of anilines is 2. The Morgan fingerprint density at radius 3 is 2.27 bits per heavy atom. The molecule has 0 heterocycles. The number of hydrogen-bond donors (Lipinski definition) is 3. The summed E-state index contributed by atoms with van der Waals surface area (Å²) < 4.78 is 27.7. The monoisotopic (exact) mass is 448 g/mol. The second-order valence-corrected chi connectivity index (χ2v) is 7.88. The van der Waals surface area contributed by atoms with Crippen molar-refractivity contribution in [3.05, 3.63) is 89.5 Å². The molecule has 9 heteroatoms. The number of nitrogens with one attached hydrogen (secondary N) is 2. The van der Waals surface area contributed by atoms with Crippen LogP contribution in [0.25, 0.3) is 0 Å². The molecular weight excluding hydrogens is 431 g/mol. The van der Waals surface area contributed by atoms with Crippen LogP contribution in [0.3, 0.4) is 0 Å². The quantitative estimate of drug-likeness (QED) is 0.377. The van der Waals surface area contributed by atoms with E-state index in [1.165, 1.54) is 48.5 Å². The topological polar surface area (TPSA) is 113 Å². The predicted molar refractivity (Wildman–Crippen MR) is 109 cm³/mol. The zero-order valence-electron chi connectivity index (χ0n) is 16.3. The number of para-hydroxylation sites is 1. The molecule has 7 nitrogen and oxygen atoms in total. The van der Waals surface area contributed by atoms with Gasteiger partial charge in [0.2, 0.25) is 5.91 Å². The summed E-state index contributed by atoms with van der Waals surface area (Å²) in [6, 6.07) is 19.1. The Labute approximate surface area is 217 Å². The third-order valence-electron chi connectivity index (χ3n) is 4.09. The van der Waals surface area contributed by atoms with Crippen LogP contribution in [0.5, 0.6) is 0 Å². The number of aryl methyl sites for hydroxylation is 1. The fraction of sp³-hybridized carbons (Fsp3) is 0.0476. The van der Waals surface area contributed by atoms with Crippen molar-refractivity contribution in [3.63, 3.8) is 0 Å². The summed E-state index contributed by atoms with van der Waals surface area (Å²) in [4.78, 5) is 24.1. The number of carbonyl (C=O) groups excluding carboxylic acids is 1. The van der Waals surface area contributed by atoms with E-state index in [9.17, 15) is 23.1 Å². The fourth-order valence-electron chi connectivity index (χ4n) is 2.60. The number of carboxylic acid groups (broad SMARTS) is 1. The summed E-state index contributed by atoms with van der Waals surface area (Å²) in [5, 5.41) is 11.8. The molecule has 3 rings (SSSR count). The summed E-state index contributed by atoms with van der Waals surface area (Å²) in [7, 11) is -3.92. The van der Waals surface area contributed by atoms with Gasteiger partial charge in [-0.1, -0.05) is 29.8 Å². The van der Waals surface area contributed by atoms with E-state index in [1.54, 1.807) is 18.2 Å². The van der Waals surface area contributed by atoms with Crippen LogP contribution in [0.1, 0.15) is 26.3 Å². The van der Waals surface area contributed by atoms with E-state index in [2.05, 4.69) is 16.1 Å². The van der Waals surface area contributed by atoms with Crippen molar-refractivity contribution in [2.75, 3.05) is 10.0 Å². The molecule has 0 aliphatic carbocycles. The first kappa shape index (κ1) is 24.3. The number of sulfonamides is 1. The molecule has 1 amide bonds. The Bertz CT molecular complexity index is 1180. The van der Waals surface area contributed by atoms with E-state index in [1.807, 2.05) is 6.92 Å². The summed E-state index contributed by atoms with van der Waals surface area (Å²) in [6.07, 6.45) is 0. The average Bonchev–Trinajstić information content (AvgIpc) is 2.68. The van der Waals surface area contributed by atoms with Gasteiger partial charge in [-0.3, -0.25) is 4.79 Å². The van der Waals surface area contributed by atoms with Gasteiger partial charge in [0.15, 0.2) is 0 Å². The molecular formula is C21H17KN2O5S. The van der Waals surface area contributed by atoms with Gasteiger partial charge in [-0.2, -0.15) is 24.3 Å². The van der Waals surface area contributed by atoms with Gasteiger partial charge in [0, 0.05) is 0 Å². The number of amides is 1. The normalized spacial score (nSPS) is 10.6. The van der Waals surface area contributed by atoms with E-state index in [-0.39, 0.29) is 78.8 Å². The second kappa shape index (κ2) is 10.3. The molecule has 0 saturated carbocycles. The summed E-state index contributed by atoms with van der Waals surface area (Å²) in [5.41, 5.74) is 0.988. The van der Waals surface area contributed by atoms with Crippen LogP contribution in [0.15, 0.2) is 71.6 Å². The van der Waals surface area contributed by atoms with Crippen LogP contribution in [0, 0.1) is 13.0 Å². The molecule has 0 aliphatic heterocycles. The Morgan fingerprint density at radius 1 is 0.933 bits per heavy atom. The first-order valence-corrected chi connectivity index (χ1v) is 9.99. The van der Waals surface area contributed by atoms with Gasteiger partial charge in [0.25, 0.3) is 10.0 Å². The van der Waals surface area contributed by atoms with Crippen molar-refractivity contribution in [2.24, 2.45) is 0 Å². The van der Waals surface area contributed by atoms with Crippen molar-refractivity contribution in [1.82, 2.24) is 0 Å². The van der Waals surface area contributed by atoms with E-state index in [0.29, 0.717) is 0 Å². The van der Waals surface area contributed by atoms with Crippen molar-refractivity contribution in [3.8, 4) is 0 Å². The number of carboxylic acids is 1. The van der Waals surface area contributed by atoms with Crippen LogP contribution in [0.4, 0.5) is 11.4 Å². The first-order valence-electron chi connectivity index (χ1n) is 8.51. The maximum atomic E-state index is 12.7. The Kier molecular flexibility index (Phi) is 8.36. The molecule has 3 N–H and O–H groups in total. The third-order valence-corrected chi connectivity index (χ3v) is 5.47. The van der Waals surface area contributed by atoms with Crippen LogP contribution < -0.4 is 61.4 Å². The zero-order valence-corrected chi connectivity index (χ0v) is 20.3. The number of carbonyl (C=O) groups is 2. The maximum Gasteiger partial charge on any atom is 1.00 e. The first-order chi connectivity index (χ1) is 13.8. The molecule has 30 heavy (non-hydrogen) atoms. The van der Waals surface area contributed by atoms with Crippen LogP contribution in [0.2, 0.25) is 0 Å². The molecule has 0 unspecified atom stereocenters. The van der Waals surface area contributed by atoms with Gasteiger partial charge in [-0.25, -0.2) is 13.2 Å². The standard InChI is InChI=1S/C21H17N2O5S.K/c1-14-10-12-15(13-11-14)29(27,28)23-19-9-5-2-6-16(19)20(24)22-18-8-4-3-7-17(18)21(25)26;/h2-4,6-13,23H,1H3,(H,22,24)(H,25,26);/q-1;+1. The number of benzene rings is 3. The third kappa shape index (κ3) is 5.78. The average molecular weight is 449 g/mol. The minimum Gasteiger partial charge on any atom is -0.478 e. The molecule has 0 aliphatic rings. The molecule has 0 aromatic heterocycles. The molecule has 3 aromatic carbocycles. The van der Waals surface area contributed by atoms with Crippen LogP contribution in [-0.2, 0) is 10.0 Å². The van der Waals surface area contributed by atoms with Gasteiger partial charge in [-0.05, 0) is 42.4 Å². The van der Waals surface area contributed by atoms with Gasteiger partial charge < -0.3 is 15.1 Å². The fourth-order valence-corrected chi connectivity index (χ4v) is 3.67. The van der Waals surface area contributed by atoms with Gasteiger partial charge in [0.1, 0.15) is 0 Å². The molecule has 0 bridgehead atoms. The maximum absolute atomic E-state index is 12.7. The van der Waals surface area contributed by atoms with E-state index in [0.717, 1.165) is 5.56 Å². The largest absolute Gasteiger partial charge is 1.00 e. The molecule has 0 atom stereocenters. The minimum absolute atomic E-state index is 0.